The largest absolute Gasteiger partial charge is 0.348 e. The van der Waals surface area contributed by atoms with Gasteiger partial charge in [0.05, 0.1) is 21.5 Å². The quantitative estimate of drug-likeness (QED) is 0.417. The van der Waals surface area contributed by atoms with Crippen molar-refractivity contribution in [3.05, 3.63) is 88.9 Å². The molecule has 0 aliphatic rings. The van der Waals surface area contributed by atoms with E-state index in [1.165, 1.54) is 24.3 Å². The predicted molar refractivity (Wildman–Crippen MR) is 136 cm³/mol. The van der Waals surface area contributed by atoms with E-state index in [1.807, 2.05) is 6.92 Å². The van der Waals surface area contributed by atoms with E-state index < -0.39 is 38.4 Å². The fourth-order valence-corrected chi connectivity index (χ4v) is 5.72. The van der Waals surface area contributed by atoms with Crippen LogP contribution in [-0.4, -0.2) is 35.5 Å². The number of anilines is 1. The second-order valence-electron chi connectivity index (χ2n) is 7.67. The zero-order chi connectivity index (χ0) is 24.9. The predicted octanol–water partition coefficient (Wildman–Crippen LogP) is 4.32. The lowest BCUT2D eigenvalue weighted by atomic mass is 10.0. The first-order valence-corrected chi connectivity index (χ1v) is 14.6. The first-order valence-electron chi connectivity index (χ1n) is 10.4. The lowest BCUT2D eigenvalue weighted by Crippen LogP contribution is -2.42. The summed E-state index contributed by atoms with van der Waals surface area (Å²) in [5.41, 5.74) is 1.08. The van der Waals surface area contributed by atoms with Crippen molar-refractivity contribution in [1.29, 1.82) is 0 Å². The van der Waals surface area contributed by atoms with Gasteiger partial charge in [0.15, 0.2) is 9.84 Å². The molecule has 0 radical (unpaired) electrons. The molecule has 3 aromatic carbocycles. The van der Waals surface area contributed by atoms with Crippen LogP contribution in [-0.2, 0) is 24.7 Å². The summed E-state index contributed by atoms with van der Waals surface area (Å²) in [5, 5.41) is 2.87. The maximum Gasteiger partial charge on any atom is 0.264 e. The number of benzene rings is 3. The van der Waals surface area contributed by atoms with Crippen molar-refractivity contribution in [2.24, 2.45) is 0 Å². The van der Waals surface area contributed by atoms with Crippen LogP contribution in [0.15, 0.2) is 93.1 Å². The van der Waals surface area contributed by atoms with Crippen LogP contribution in [0, 0.1) is 0 Å². The molecule has 0 aliphatic heterocycles. The van der Waals surface area contributed by atoms with E-state index >= 15 is 0 Å². The summed E-state index contributed by atoms with van der Waals surface area (Å²) in [6.45, 7) is 1.46. The van der Waals surface area contributed by atoms with Crippen molar-refractivity contribution in [3.63, 3.8) is 0 Å². The molecule has 0 aliphatic carbocycles. The van der Waals surface area contributed by atoms with E-state index in [0.717, 1.165) is 20.6 Å². The van der Waals surface area contributed by atoms with Crippen molar-refractivity contribution >= 4 is 47.4 Å². The Bertz CT molecular complexity index is 1340. The number of carbonyl (C=O) groups excluding carboxylic acids is 1. The lowest BCUT2D eigenvalue weighted by molar-refractivity contribution is -0.120. The van der Waals surface area contributed by atoms with Crippen LogP contribution in [0.25, 0.3) is 0 Å². The highest BCUT2D eigenvalue weighted by molar-refractivity contribution is 9.10. The molecule has 0 bridgehead atoms. The summed E-state index contributed by atoms with van der Waals surface area (Å²) >= 11 is 3.34. The molecule has 1 amide bonds. The zero-order valence-corrected chi connectivity index (χ0v) is 21.9. The number of sulfone groups is 1. The van der Waals surface area contributed by atoms with Crippen LogP contribution >= 0.6 is 15.9 Å². The number of halogens is 1. The third-order valence-corrected chi connectivity index (χ3v) is 8.63. The van der Waals surface area contributed by atoms with Gasteiger partial charge in [-0.3, -0.25) is 9.10 Å². The maximum absolute atomic E-state index is 13.4. The average Bonchev–Trinajstić information content (AvgIpc) is 2.82. The summed E-state index contributed by atoms with van der Waals surface area (Å²) in [5.74, 6) is -0.485. The minimum atomic E-state index is -4.00. The van der Waals surface area contributed by atoms with Gasteiger partial charge >= 0.3 is 0 Å². The molecule has 10 heteroatoms. The smallest absolute Gasteiger partial charge is 0.264 e. The van der Waals surface area contributed by atoms with Crippen molar-refractivity contribution in [1.82, 2.24) is 5.32 Å². The van der Waals surface area contributed by atoms with Crippen molar-refractivity contribution < 1.29 is 21.6 Å². The first-order chi connectivity index (χ1) is 16.0. The zero-order valence-electron chi connectivity index (χ0n) is 18.7. The summed E-state index contributed by atoms with van der Waals surface area (Å²) in [6, 6.07) is 20.5. The molecule has 0 saturated carbocycles. The number of nitrogens with one attached hydrogen (secondary N) is 1. The topological polar surface area (TPSA) is 101 Å². The van der Waals surface area contributed by atoms with E-state index in [4.69, 9.17) is 0 Å². The number of hydrogen-bond acceptors (Lipinski definition) is 5. The molecular weight excluding hydrogens is 540 g/mol. The second-order valence-corrected chi connectivity index (χ2v) is 12.5. The Morgan fingerprint density at radius 2 is 1.47 bits per heavy atom. The van der Waals surface area contributed by atoms with Crippen LogP contribution in [0.2, 0.25) is 0 Å². The third kappa shape index (κ3) is 6.25. The van der Waals surface area contributed by atoms with Gasteiger partial charge < -0.3 is 5.32 Å². The van der Waals surface area contributed by atoms with E-state index in [2.05, 4.69) is 21.2 Å². The summed E-state index contributed by atoms with van der Waals surface area (Å²) in [7, 11) is -7.33. The number of amides is 1. The van der Waals surface area contributed by atoms with E-state index in [0.29, 0.717) is 12.1 Å². The second kappa shape index (κ2) is 10.7. The molecule has 3 aromatic rings. The Balaban J connectivity index is 1.87. The highest BCUT2D eigenvalue weighted by Gasteiger charge is 2.28. The number of nitrogens with zero attached hydrogens (tertiary/aromatic N) is 1. The maximum atomic E-state index is 13.4. The molecule has 0 saturated heterocycles. The van der Waals surface area contributed by atoms with Crippen LogP contribution in [0.3, 0.4) is 0 Å². The van der Waals surface area contributed by atoms with Gasteiger partial charge in [0, 0.05) is 10.7 Å². The van der Waals surface area contributed by atoms with Gasteiger partial charge in [0.2, 0.25) is 5.91 Å². The Hall–Kier alpha value is -2.69. The molecule has 0 spiro atoms. The van der Waals surface area contributed by atoms with Crippen molar-refractivity contribution in [2.45, 2.75) is 29.2 Å². The Kier molecular flexibility index (Phi) is 8.17. The van der Waals surface area contributed by atoms with Gasteiger partial charge in [-0.1, -0.05) is 53.2 Å². The van der Waals surface area contributed by atoms with Gasteiger partial charge in [-0.25, -0.2) is 16.8 Å². The highest BCUT2D eigenvalue weighted by Crippen LogP contribution is 2.26. The first kappa shape index (κ1) is 25.9. The molecule has 0 aromatic heterocycles. The van der Waals surface area contributed by atoms with Crippen LogP contribution < -0.4 is 9.62 Å². The van der Waals surface area contributed by atoms with Crippen LogP contribution in [0.1, 0.15) is 24.9 Å². The lowest BCUT2D eigenvalue weighted by Gasteiger charge is -2.26. The summed E-state index contributed by atoms with van der Waals surface area (Å²) < 4.78 is 52.1. The molecular formula is C24H25BrN2O5S2. The molecule has 1 atom stereocenters. The fourth-order valence-electron chi connectivity index (χ4n) is 3.38. The standard InChI is InChI=1S/C24H25BrN2O5S2/c1-3-23(18-9-15-21(16-10-18)33(2,29)30)26-24(28)17-27(20-13-11-19(25)12-14-20)34(31,32)22-7-5-4-6-8-22/h4-16,23H,3,17H2,1-2H3,(H,26,28). The van der Waals surface area contributed by atoms with Gasteiger partial charge in [0.1, 0.15) is 6.54 Å². The van der Waals surface area contributed by atoms with Crippen molar-refractivity contribution in [2.75, 3.05) is 17.1 Å². The fraction of sp³-hybridized carbons (Fsp3) is 0.208. The summed E-state index contributed by atoms with van der Waals surface area (Å²) in [6.07, 6.45) is 1.67. The average molecular weight is 566 g/mol. The van der Waals surface area contributed by atoms with Gasteiger partial charge in [0.25, 0.3) is 10.0 Å². The number of rotatable bonds is 9. The number of hydrogen-bond donors (Lipinski definition) is 1. The van der Waals surface area contributed by atoms with E-state index in [-0.39, 0.29) is 9.79 Å². The minimum Gasteiger partial charge on any atom is -0.348 e. The molecule has 3 rings (SSSR count). The normalized spacial score (nSPS) is 12.7. The molecule has 0 fully saturated rings. The third-order valence-electron chi connectivity index (χ3n) is 5.19. The monoisotopic (exact) mass is 564 g/mol. The number of carbonyl (C=O) groups is 1. The van der Waals surface area contributed by atoms with E-state index in [1.54, 1.807) is 54.6 Å². The van der Waals surface area contributed by atoms with Gasteiger partial charge in [-0.2, -0.15) is 0 Å². The van der Waals surface area contributed by atoms with Crippen molar-refractivity contribution in [3.8, 4) is 0 Å². The SMILES string of the molecule is CCC(NC(=O)CN(c1ccc(Br)cc1)S(=O)(=O)c1ccccc1)c1ccc(S(C)(=O)=O)cc1. The molecule has 7 nitrogen and oxygen atoms in total. The molecule has 180 valence electrons. The Morgan fingerprint density at radius 1 is 0.882 bits per heavy atom. The summed E-state index contributed by atoms with van der Waals surface area (Å²) in [4.78, 5) is 13.3. The molecule has 0 heterocycles. The molecule has 1 unspecified atom stereocenters. The van der Waals surface area contributed by atoms with Crippen LogP contribution in [0.4, 0.5) is 5.69 Å². The Morgan fingerprint density at radius 3 is 2.00 bits per heavy atom. The highest BCUT2D eigenvalue weighted by atomic mass is 79.9. The molecule has 34 heavy (non-hydrogen) atoms. The minimum absolute atomic E-state index is 0.0779. The van der Waals surface area contributed by atoms with Gasteiger partial charge in [-0.15, -0.1) is 0 Å². The Labute approximate surface area is 208 Å². The van der Waals surface area contributed by atoms with E-state index in [9.17, 15) is 21.6 Å². The van der Waals surface area contributed by atoms with Gasteiger partial charge in [-0.05, 0) is 60.5 Å². The molecule has 1 N–H and O–H groups in total. The number of sulfonamides is 1. The van der Waals surface area contributed by atoms with Crippen LogP contribution in [0.5, 0.6) is 0 Å².